The van der Waals surface area contributed by atoms with Gasteiger partial charge in [0.25, 0.3) is 5.95 Å². The SMILES string of the molecule is CNc1nc(NC2CCC(SC)C2)nc(-n2cccn2)n1. The van der Waals surface area contributed by atoms with Gasteiger partial charge in [0.1, 0.15) is 0 Å². The van der Waals surface area contributed by atoms with Crippen LogP contribution in [0.1, 0.15) is 19.3 Å². The first-order valence-electron chi connectivity index (χ1n) is 7.01. The highest BCUT2D eigenvalue weighted by atomic mass is 32.2. The van der Waals surface area contributed by atoms with Gasteiger partial charge in [-0.2, -0.15) is 31.8 Å². The Labute approximate surface area is 128 Å². The number of thioether (sulfide) groups is 1. The highest BCUT2D eigenvalue weighted by molar-refractivity contribution is 7.99. The van der Waals surface area contributed by atoms with Gasteiger partial charge in [0.05, 0.1) is 0 Å². The summed E-state index contributed by atoms with van der Waals surface area (Å²) in [6.45, 7) is 0. The van der Waals surface area contributed by atoms with Crippen LogP contribution in [-0.4, -0.2) is 49.3 Å². The van der Waals surface area contributed by atoms with E-state index in [9.17, 15) is 0 Å². The van der Waals surface area contributed by atoms with Crippen molar-refractivity contribution in [1.82, 2.24) is 24.7 Å². The molecular formula is C13H19N7S. The van der Waals surface area contributed by atoms with Crippen LogP contribution in [0.15, 0.2) is 18.5 Å². The number of hydrogen-bond acceptors (Lipinski definition) is 7. The number of hydrogen-bond donors (Lipinski definition) is 2. The van der Waals surface area contributed by atoms with Gasteiger partial charge in [-0.25, -0.2) is 4.68 Å². The first-order chi connectivity index (χ1) is 10.3. The van der Waals surface area contributed by atoms with Crippen LogP contribution in [0, 0.1) is 0 Å². The van der Waals surface area contributed by atoms with E-state index in [1.807, 2.05) is 24.0 Å². The van der Waals surface area contributed by atoms with Crippen molar-refractivity contribution in [3.8, 4) is 5.95 Å². The van der Waals surface area contributed by atoms with E-state index in [0.29, 0.717) is 23.9 Å². The van der Waals surface area contributed by atoms with Crippen LogP contribution in [0.25, 0.3) is 5.95 Å². The molecule has 2 aromatic rings. The first-order valence-corrected chi connectivity index (χ1v) is 8.30. The summed E-state index contributed by atoms with van der Waals surface area (Å²) in [4.78, 5) is 13.2. The van der Waals surface area contributed by atoms with Crippen LogP contribution in [0.3, 0.4) is 0 Å². The number of nitrogens with zero attached hydrogens (tertiary/aromatic N) is 5. The van der Waals surface area contributed by atoms with Gasteiger partial charge in [0.2, 0.25) is 11.9 Å². The van der Waals surface area contributed by atoms with Crippen molar-refractivity contribution in [3.63, 3.8) is 0 Å². The summed E-state index contributed by atoms with van der Waals surface area (Å²) in [7, 11) is 1.80. The topological polar surface area (TPSA) is 80.5 Å². The van der Waals surface area contributed by atoms with Crippen LogP contribution in [-0.2, 0) is 0 Å². The summed E-state index contributed by atoms with van der Waals surface area (Å²) in [5.74, 6) is 1.66. The van der Waals surface area contributed by atoms with Gasteiger partial charge in [-0.1, -0.05) is 0 Å². The quantitative estimate of drug-likeness (QED) is 0.871. The van der Waals surface area contributed by atoms with Gasteiger partial charge < -0.3 is 10.6 Å². The largest absolute Gasteiger partial charge is 0.357 e. The van der Waals surface area contributed by atoms with E-state index in [-0.39, 0.29) is 0 Å². The maximum Gasteiger partial charge on any atom is 0.257 e. The molecule has 0 spiro atoms. The third-order valence-corrected chi connectivity index (χ3v) is 4.70. The Morgan fingerprint density at radius 3 is 2.76 bits per heavy atom. The molecule has 0 aliphatic heterocycles. The van der Waals surface area contributed by atoms with E-state index in [2.05, 4.69) is 36.9 Å². The fourth-order valence-corrected chi connectivity index (χ4v) is 3.30. The summed E-state index contributed by atoms with van der Waals surface area (Å²) in [6.07, 6.45) is 9.25. The van der Waals surface area contributed by atoms with Crippen molar-refractivity contribution in [1.29, 1.82) is 0 Å². The van der Waals surface area contributed by atoms with Crippen molar-refractivity contribution in [3.05, 3.63) is 18.5 Å². The molecule has 0 amide bonds. The molecule has 7 nitrogen and oxygen atoms in total. The maximum absolute atomic E-state index is 4.46. The number of aromatic nitrogens is 5. The Hall–Kier alpha value is -1.83. The Morgan fingerprint density at radius 1 is 1.24 bits per heavy atom. The van der Waals surface area contributed by atoms with Gasteiger partial charge in [-0.3, -0.25) is 0 Å². The first kappa shape index (κ1) is 14.1. The minimum Gasteiger partial charge on any atom is -0.357 e. The normalized spacial score (nSPS) is 21.4. The number of anilines is 2. The summed E-state index contributed by atoms with van der Waals surface area (Å²) in [5, 5.41) is 11.3. The lowest BCUT2D eigenvalue weighted by Crippen LogP contribution is -2.19. The average molecular weight is 305 g/mol. The Bertz CT molecular complexity index is 586. The summed E-state index contributed by atoms with van der Waals surface area (Å²) in [6, 6.07) is 2.27. The van der Waals surface area contributed by atoms with E-state index in [4.69, 9.17) is 0 Å². The van der Waals surface area contributed by atoms with Gasteiger partial charge in [0.15, 0.2) is 0 Å². The molecule has 21 heavy (non-hydrogen) atoms. The van der Waals surface area contributed by atoms with Crippen molar-refractivity contribution in [2.24, 2.45) is 0 Å². The Kier molecular flexibility index (Phi) is 4.23. The summed E-state index contributed by atoms with van der Waals surface area (Å²) < 4.78 is 1.63. The Morgan fingerprint density at radius 2 is 2.10 bits per heavy atom. The molecule has 1 saturated carbocycles. The highest BCUT2D eigenvalue weighted by Gasteiger charge is 2.24. The second-order valence-electron chi connectivity index (χ2n) is 5.00. The lowest BCUT2D eigenvalue weighted by molar-refractivity contribution is 0.734. The molecule has 1 aliphatic rings. The van der Waals surface area contributed by atoms with E-state index in [0.717, 1.165) is 18.1 Å². The molecule has 1 aliphatic carbocycles. The smallest absolute Gasteiger partial charge is 0.257 e. The molecule has 0 aromatic carbocycles. The van der Waals surface area contributed by atoms with Crippen molar-refractivity contribution in [2.45, 2.75) is 30.6 Å². The molecule has 0 bridgehead atoms. The molecule has 8 heteroatoms. The minimum atomic E-state index is 0.431. The average Bonchev–Trinajstić information content (AvgIpc) is 3.18. The van der Waals surface area contributed by atoms with E-state index < -0.39 is 0 Å². The lowest BCUT2D eigenvalue weighted by atomic mass is 10.2. The Balaban J connectivity index is 1.80. The molecule has 2 atom stereocenters. The zero-order valence-corrected chi connectivity index (χ0v) is 13.0. The standard InChI is InChI=1S/C13H19N7S/c1-14-11-17-12(16-9-4-5-10(8-9)21-2)19-13(18-11)20-7-3-6-15-20/h3,6-7,9-10H,4-5,8H2,1-2H3,(H2,14,16,17,18,19). The van der Waals surface area contributed by atoms with Crippen molar-refractivity contribution in [2.75, 3.05) is 23.9 Å². The maximum atomic E-state index is 4.46. The van der Waals surface area contributed by atoms with Gasteiger partial charge in [-0.15, -0.1) is 0 Å². The number of rotatable bonds is 5. The monoisotopic (exact) mass is 305 g/mol. The van der Waals surface area contributed by atoms with Crippen LogP contribution >= 0.6 is 11.8 Å². The molecule has 112 valence electrons. The van der Waals surface area contributed by atoms with Crippen molar-refractivity contribution >= 4 is 23.7 Å². The van der Waals surface area contributed by atoms with Crippen LogP contribution < -0.4 is 10.6 Å². The molecule has 0 saturated heterocycles. The second-order valence-corrected chi connectivity index (χ2v) is 6.13. The van der Waals surface area contributed by atoms with Gasteiger partial charge in [0, 0.05) is 30.7 Å². The van der Waals surface area contributed by atoms with E-state index in [1.165, 1.54) is 6.42 Å². The molecule has 2 heterocycles. The lowest BCUT2D eigenvalue weighted by Gasteiger charge is -2.14. The molecule has 0 radical (unpaired) electrons. The van der Waals surface area contributed by atoms with Crippen LogP contribution in [0.2, 0.25) is 0 Å². The molecule has 2 N–H and O–H groups in total. The zero-order chi connectivity index (χ0) is 14.7. The summed E-state index contributed by atoms with van der Waals surface area (Å²) >= 11 is 1.94. The van der Waals surface area contributed by atoms with E-state index >= 15 is 0 Å². The fraction of sp³-hybridized carbons (Fsp3) is 0.538. The molecular weight excluding hydrogens is 286 g/mol. The fourth-order valence-electron chi connectivity index (χ4n) is 2.50. The number of nitrogens with one attached hydrogen (secondary N) is 2. The predicted molar refractivity (Wildman–Crippen MR) is 85.1 cm³/mol. The minimum absolute atomic E-state index is 0.431. The van der Waals surface area contributed by atoms with Gasteiger partial charge in [-0.05, 0) is 31.6 Å². The molecule has 3 rings (SSSR count). The van der Waals surface area contributed by atoms with Gasteiger partial charge >= 0.3 is 0 Å². The van der Waals surface area contributed by atoms with E-state index in [1.54, 1.807) is 17.9 Å². The summed E-state index contributed by atoms with van der Waals surface area (Å²) in [5.41, 5.74) is 0. The zero-order valence-electron chi connectivity index (χ0n) is 12.2. The third-order valence-electron chi connectivity index (χ3n) is 3.61. The van der Waals surface area contributed by atoms with Crippen LogP contribution in [0.4, 0.5) is 11.9 Å². The third kappa shape index (κ3) is 3.26. The second kappa shape index (κ2) is 6.30. The highest BCUT2D eigenvalue weighted by Crippen LogP contribution is 2.29. The molecule has 1 fully saturated rings. The van der Waals surface area contributed by atoms with Crippen molar-refractivity contribution < 1.29 is 0 Å². The predicted octanol–water partition coefficient (Wildman–Crippen LogP) is 1.79. The molecule has 2 unspecified atom stereocenters. The molecule has 2 aromatic heterocycles. The van der Waals surface area contributed by atoms with Crippen LogP contribution in [0.5, 0.6) is 0 Å².